The van der Waals surface area contributed by atoms with E-state index in [9.17, 15) is 4.39 Å². The lowest BCUT2D eigenvalue weighted by Crippen LogP contribution is -2.50. The van der Waals surface area contributed by atoms with Gasteiger partial charge in [0.2, 0.25) is 5.28 Å². The van der Waals surface area contributed by atoms with Gasteiger partial charge in [0.15, 0.2) is 0 Å². The summed E-state index contributed by atoms with van der Waals surface area (Å²) in [5.41, 5.74) is 1.53. The summed E-state index contributed by atoms with van der Waals surface area (Å²) in [6, 6.07) is 8.46. The second kappa shape index (κ2) is 5.95. The van der Waals surface area contributed by atoms with E-state index in [1.165, 1.54) is 12.1 Å². The van der Waals surface area contributed by atoms with Crippen molar-refractivity contribution in [1.29, 1.82) is 0 Å². The second-order valence-corrected chi connectivity index (χ2v) is 5.47. The highest BCUT2D eigenvalue weighted by atomic mass is 35.5. The van der Waals surface area contributed by atoms with E-state index < -0.39 is 0 Å². The normalized spacial score (nSPS) is 18.8. The fourth-order valence-corrected chi connectivity index (χ4v) is 2.68. The molecule has 0 amide bonds. The van der Waals surface area contributed by atoms with Crippen LogP contribution in [0.2, 0.25) is 5.28 Å². The van der Waals surface area contributed by atoms with Crippen LogP contribution >= 0.6 is 11.6 Å². The van der Waals surface area contributed by atoms with Gasteiger partial charge in [-0.25, -0.2) is 14.4 Å². The topological polar surface area (TPSA) is 41.0 Å². The number of nitrogens with one attached hydrogen (secondary N) is 1. The van der Waals surface area contributed by atoms with Crippen molar-refractivity contribution in [2.75, 3.05) is 24.5 Å². The van der Waals surface area contributed by atoms with Gasteiger partial charge in [-0.15, -0.1) is 0 Å². The van der Waals surface area contributed by atoms with Crippen molar-refractivity contribution < 1.29 is 4.39 Å². The Morgan fingerprint density at radius 1 is 1.29 bits per heavy atom. The molecule has 1 aromatic carbocycles. The van der Waals surface area contributed by atoms with Crippen LogP contribution in [0.3, 0.4) is 0 Å². The van der Waals surface area contributed by atoms with Gasteiger partial charge in [-0.05, 0) is 42.8 Å². The molecule has 0 bridgehead atoms. The van der Waals surface area contributed by atoms with E-state index in [0.29, 0.717) is 11.7 Å². The maximum atomic E-state index is 13.0. The zero-order chi connectivity index (χ0) is 14.8. The first-order valence-corrected chi connectivity index (χ1v) is 7.29. The summed E-state index contributed by atoms with van der Waals surface area (Å²) < 4.78 is 13.0. The highest BCUT2D eigenvalue weighted by Gasteiger charge is 2.20. The number of hydrogen-bond acceptors (Lipinski definition) is 4. The van der Waals surface area contributed by atoms with Gasteiger partial charge in [-0.2, -0.15) is 0 Å². The molecule has 0 spiro atoms. The van der Waals surface area contributed by atoms with Gasteiger partial charge in [0.25, 0.3) is 0 Å². The Hall–Kier alpha value is -1.72. The van der Waals surface area contributed by atoms with Crippen LogP contribution in [0.5, 0.6) is 0 Å². The average Bonchev–Trinajstić information content (AvgIpc) is 2.48. The molecular weight excluding hydrogens is 291 g/mol. The molecule has 4 nitrogen and oxygen atoms in total. The number of aromatic nitrogens is 2. The van der Waals surface area contributed by atoms with E-state index in [-0.39, 0.29) is 11.1 Å². The molecule has 2 aromatic rings. The van der Waals surface area contributed by atoms with Crippen molar-refractivity contribution in [2.24, 2.45) is 0 Å². The zero-order valence-corrected chi connectivity index (χ0v) is 12.4. The Labute approximate surface area is 128 Å². The minimum Gasteiger partial charge on any atom is -0.351 e. The van der Waals surface area contributed by atoms with Crippen LogP contribution in [0.1, 0.15) is 6.92 Å². The highest BCUT2D eigenvalue weighted by Crippen LogP contribution is 2.25. The lowest BCUT2D eigenvalue weighted by atomic mass is 10.1. The van der Waals surface area contributed by atoms with Gasteiger partial charge in [0.1, 0.15) is 11.6 Å². The molecule has 2 heterocycles. The number of rotatable bonds is 2. The van der Waals surface area contributed by atoms with Gasteiger partial charge < -0.3 is 10.2 Å². The first kappa shape index (κ1) is 14.2. The van der Waals surface area contributed by atoms with E-state index in [1.54, 1.807) is 12.1 Å². The van der Waals surface area contributed by atoms with Gasteiger partial charge in [0.05, 0.1) is 5.69 Å². The minimum atomic E-state index is -0.269. The van der Waals surface area contributed by atoms with E-state index in [2.05, 4.69) is 27.1 Å². The molecular formula is C15H16ClFN4. The van der Waals surface area contributed by atoms with Gasteiger partial charge in [-0.1, -0.05) is 0 Å². The fraction of sp³-hybridized carbons (Fsp3) is 0.333. The number of anilines is 1. The third-order valence-corrected chi connectivity index (χ3v) is 3.79. The molecule has 0 saturated carbocycles. The molecule has 1 fully saturated rings. The molecule has 1 aliphatic rings. The van der Waals surface area contributed by atoms with Crippen molar-refractivity contribution in [1.82, 2.24) is 15.3 Å². The minimum absolute atomic E-state index is 0.206. The lowest BCUT2D eigenvalue weighted by Gasteiger charge is -2.35. The summed E-state index contributed by atoms with van der Waals surface area (Å²) in [4.78, 5) is 10.8. The molecule has 1 N–H and O–H groups in total. The third-order valence-electron chi connectivity index (χ3n) is 3.62. The van der Waals surface area contributed by atoms with Crippen LogP contribution in [0.4, 0.5) is 10.2 Å². The Morgan fingerprint density at radius 2 is 2.05 bits per heavy atom. The average molecular weight is 307 g/mol. The standard InChI is InChI=1S/C15H16ClFN4/c1-10-9-18-6-7-21(10)14-8-13(19-15(16)20-14)11-2-4-12(17)5-3-11/h2-5,8,10,18H,6-7,9H2,1H3/t10-/m1/s1. The van der Waals surface area contributed by atoms with Crippen LogP contribution in [-0.4, -0.2) is 35.6 Å². The summed E-state index contributed by atoms with van der Waals surface area (Å²) in [5.74, 6) is 0.540. The van der Waals surface area contributed by atoms with Gasteiger partial charge in [0, 0.05) is 37.3 Å². The van der Waals surface area contributed by atoms with Crippen LogP contribution in [0.25, 0.3) is 11.3 Å². The molecule has 3 rings (SSSR count). The van der Waals surface area contributed by atoms with E-state index in [4.69, 9.17) is 11.6 Å². The van der Waals surface area contributed by atoms with Crippen LogP contribution in [0.15, 0.2) is 30.3 Å². The fourth-order valence-electron chi connectivity index (χ4n) is 2.50. The Bertz CT molecular complexity index is 632. The Morgan fingerprint density at radius 3 is 2.76 bits per heavy atom. The van der Waals surface area contributed by atoms with Gasteiger partial charge in [-0.3, -0.25) is 0 Å². The zero-order valence-electron chi connectivity index (χ0n) is 11.7. The summed E-state index contributed by atoms with van der Waals surface area (Å²) in [5, 5.41) is 3.55. The van der Waals surface area contributed by atoms with Crippen molar-refractivity contribution in [3.63, 3.8) is 0 Å². The summed E-state index contributed by atoms with van der Waals surface area (Å²) >= 11 is 6.06. The van der Waals surface area contributed by atoms with Crippen LogP contribution in [-0.2, 0) is 0 Å². The first-order valence-electron chi connectivity index (χ1n) is 6.91. The molecule has 1 aliphatic heterocycles. The monoisotopic (exact) mass is 306 g/mol. The number of nitrogens with zero attached hydrogens (tertiary/aromatic N) is 3. The van der Waals surface area contributed by atoms with E-state index in [0.717, 1.165) is 31.0 Å². The highest BCUT2D eigenvalue weighted by molar-refractivity contribution is 6.28. The first-order chi connectivity index (χ1) is 10.1. The Kier molecular flexibility index (Phi) is 4.03. The predicted molar refractivity (Wildman–Crippen MR) is 82.1 cm³/mol. The number of benzene rings is 1. The van der Waals surface area contributed by atoms with Crippen LogP contribution < -0.4 is 10.2 Å². The quantitative estimate of drug-likeness (QED) is 0.866. The van der Waals surface area contributed by atoms with Crippen molar-refractivity contribution in [2.45, 2.75) is 13.0 Å². The molecule has 0 aliphatic carbocycles. The van der Waals surface area contributed by atoms with E-state index >= 15 is 0 Å². The van der Waals surface area contributed by atoms with Crippen molar-refractivity contribution in [3.8, 4) is 11.3 Å². The molecule has 0 radical (unpaired) electrons. The van der Waals surface area contributed by atoms with Crippen molar-refractivity contribution >= 4 is 17.4 Å². The molecule has 110 valence electrons. The molecule has 1 aromatic heterocycles. The number of hydrogen-bond donors (Lipinski definition) is 1. The summed E-state index contributed by atoms with van der Waals surface area (Å²) in [6.45, 7) is 4.84. The SMILES string of the molecule is C[C@@H]1CNCCN1c1cc(-c2ccc(F)cc2)nc(Cl)n1. The number of halogens is 2. The predicted octanol–water partition coefficient (Wildman–Crippen LogP) is 2.73. The molecule has 21 heavy (non-hydrogen) atoms. The van der Waals surface area contributed by atoms with E-state index in [1.807, 2.05) is 6.07 Å². The Balaban J connectivity index is 1.97. The molecule has 1 saturated heterocycles. The maximum Gasteiger partial charge on any atom is 0.224 e. The third kappa shape index (κ3) is 3.14. The van der Waals surface area contributed by atoms with Gasteiger partial charge >= 0.3 is 0 Å². The molecule has 1 atom stereocenters. The largest absolute Gasteiger partial charge is 0.351 e. The lowest BCUT2D eigenvalue weighted by molar-refractivity contribution is 0.497. The smallest absolute Gasteiger partial charge is 0.224 e. The molecule has 6 heteroatoms. The second-order valence-electron chi connectivity index (χ2n) is 5.13. The summed E-state index contributed by atoms with van der Waals surface area (Å²) in [7, 11) is 0. The summed E-state index contributed by atoms with van der Waals surface area (Å²) in [6.07, 6.45) is 0. The molecule has 0 unspecified atom stereocenters. The van der Waals surface area contributed by atoms with Crippen molar-refractivity contribution in [3.05, 3.63) is 41.4 Å². The maximum absolute atomic E-state index is 13.0. The number of piperazine rings is 1. The van der Waals surface area contributed by atoms with Crippen LogP contribution in [0, 0.1) is 5.82 Å².